The van der Waals surface area contributed by atoms with E-state index >= 15 is 0 Å². The molecule has 0 saturated carbocycles. The van der Waals surface area contributed by atoms with Crippen LogP contribution in [0.25, 0.3) is 0 Å². The fraction of sp³-hybridized carbons (Fsp3) is 0.400. The third-order valence-electron chi connectivity index (χ3n) is 3.37. The molecule has 0 fully saturated rings. The van der Waals surface area contributed by atoms with Crippen molar-refractivity contribution in [2.45, 2.75) is 26.6 Å². The van der Waals surface area contributed by atoms with Gasteiger partial charge < -0.3 is 4.74 Å². The van der Waals surface area contributed by atoms with Gasteiger partial charge >= 0.3 is 12.1 Å². The van der Waals surface area contributed by atoms with Crippen LogP contribution in [-0.4, -0.2) is 5.97 Å². The van der Waals surface area contributed by atoms with Crippen molar-refractivity contribution in [1.29, 1.82) is 0 Å². The summed E-state index contributed by atoms with van der Waals surface area (Å²) in [6, 6.07) is 1.26. The quantitative estimate of drug-likeness (QED) is 0.481. The van der Waals surface area contributed by atoms with E-state index in [9.17, 15) is 26.7 Å². The fourth-order valence-corrected chi connectivity index (χ4v) is 2.20. The summed E-state index contributed by atoms with van der Waals surface area (Å²) in [6.07, 6.45) is -3.81. The SMILES string of the molecule is CC(C=C(Cl)Cl)C(C)C(=O)OCc1ccc(F)c(C(F)(F)F)c1F. The first kappa shape index (κ1) is 20.7. The summed E-state index contributed by atoms with van der Waals surface area (Å²) in [4.78, 5) is 11.8. The van der Waals surface area contributed by atoms with E-state index in [-0.39, 0.29) is 4.49 Å². The molecule has 0 aliphatic heterocycles. The highest BCUT2D eigenvalue weighted by molar-refractivity contribution is 6.55. The fourth-order valence-electron chi connectivity index (χ4n) is 1.81. The van der Waals surface area contributed by atoms with Crippen molar-refractivity contribution < 1.29 is 31.5 Å². The van der Waals surface area contributed by atoms with Crippen LogP contribution in [-0.2, 0) is 22.3 Å². The lowest BCUT2D eigenvalue weighted by Gasteiger charge is -2.17. The molecule has 0 aliphatic carbocycles. The van der Waals surface area contributed by atoms with Gasteiger partial charge in [-0.1, -0.05) is 43.1 Å². The average Bonchev–Trinajstić information content (AvgIpc) is 2.43. The van der Waals surface area contributed by atoms with Crippen molar-refractivity contribution in [1.82, 2.24) is 0 Å². The van der Waals surface area contributed by atoms with Crippen LogP contribution in [0.3, 0.4) is 0 Å². The molecule has 1 aromatic carbocycles. The number of carbonyl (C=O) groups excluding carboxylic acids is 1. The number of ether oxygens (including phenoxy) is 1. The normalized spacial score (nSPS) is 14.0. The standard InChI is InChI=1S/C15H13Cl2F5O2/c1-7(5-11(16)17)8(2)14(23)24-6-9-3-4-10(18)12(13(9)19)15(20,21)22/h3-5,7-8H,6H2,1-2H3. The van der Waals surface area contributed by atoms with E-state index in [0.29, 0.717) is 6.07 Å². The van der Waals surface area contributed by atoms with Gasteiger partial charge in [0, 0.05) is 5.56 Å². The van der Waals surface area contributed by atoms with E-state index in [1.54, 1.807) is 6.92 Å². The van der Waals surface area contributed by atoms with Gasteiger partial charge in [-0.3, -0.25) is 4.79 Å². The second-order valence-corrected chi connectivity index (χ2v) is 6.11. The molecule has 0 radical (unpaired) electrons. The molecule has 9 heteroatoms. The predicted molar refractivity (Wildman–Crippen MR) is 79.3 cm³/mol. The van der Waals surface area contributed by atoms with Gasteiger partial charge in [-0.15, -0.1) is 0 Å². The first-order valence-corrected chi connectivity index (χ1v) is 7.44. The summed E-state index contributed by atoms with van der Waals surface area (Å²) >= 11 is 10.9. The van der Waals surface area contributed by atoms with Crippen molar-refractivity contribution in [2.24, 2.45) is 11.8 Å². The maximum absolute atomic E-state index is 13.8. The first-order valence-electron chi connectivity index (χ1n) is 6.68. The van der Waals surface area contributed by atoms with Gasteiger partial charge in [-0.05, 0) is 18.1 Å². The van der Waals surface area contributed by atoms with Gasteiger partial charge in [0.2, 0.25) is 0 Å². The molecular formula is C15H13Cl2F5O2. The minimum atomic E-state index is -5.20. The first-order chi connectivity index (χ1) is 10.9. The zero-order chi connectivity index (χ0) is 18.7. The van der Waals surface area contributed by atoms with Gasteiger partial charge in [-0.25, -0.2) is 8.78 Å². The van der Waals surface area contributed by atoms with Crippen LogP contribution in [0.1, 0.15) is 25.0 Å². The molecule has 24 heavy (non-hydrogen) atoms. The van der Waals surface area contributed by atoms with Gasteiger partial charge in [0.1, 0.15) is 28.3 Å². The summed E-state index contributed by atoms with van der Waals surface area (Å²) < 4.78 is 69.6. The minimum absolute atomic E-state index is 0.0541. The van der Waals surface area contributed by atoms with Gasteiger partial charge in [0.05, 0.1) is 5.92 Å². The molecule has 0 spiro atoms. The van der Waals surface area contributed by atoms with Crippen molar-refractivity contribution in [3.63, 3.8) is 0 Å². The molecule has 2 unspecified atom stereocenters. The minimum Gasteiger partial charge on any atom is -0.460 e. The monoisotopic (exact) mass is 390 g/mol. The Labute approximate surface area is 145 Å². The van der Waals surface area contributed by atoms with E-state index in [1.807, 2.05) is 0 Å². The highest BCUT2D eigenvalue weighted by Crippen LogP contribution is 2.34. The number of allylic oxidation sites excluding steroid dienone is 1. The molecule has 0 saturated heterocycles. The van der Waals surface area contributed by atoms with Crippen molar-refractivity contribution in [3.05, 3.63) is 45.5 Å². The smallest absolute Gasteiger partial charge is 0.422 e. The average molecular weight is 391 g/mol. The highest BCUT2D eigenvalue weighted by Gasteiger charge is 2.38. The molecule has 1 aromatic rings. The van der Waals surface area contributed by atoms with Crippen molar-refractivity contribution in [2.75, 3.05) is 0 Å². The van der Waals surface area contributed by atoms with Crippen molar-refractivity contribution >= 4 is 29.2 Å². The molecule has 2 atom stereocenters. The molecule has 1 rings (SSSR count). The maximum atomic E-state index is 13.8. The van der Waals surface area contributed by atoms with Crippen LogP contribution < -0.4 is 0 Å². The number of alkyl halides is 3. The highest BCUT2D eigenvalue weighted by atomic mass is 35.5. The topological polar surface area (TPSA) is 26.3 Å². The van der Waals surface area contributed by atoms with E-state index in [0.717, 1.165) is 6.07 Å². The van der Waals surface area contributed by atoms with Gasteiger partial charge in [-0.2, -0.15) is 13.2 Å². The maximum Gasteiger partial charge on any atom is 0.422 e. The van der Waals surface area contributed by atoms with Crippen LogP contribution in [0.5, 0.6) is 0 Å². The zero-order valence-corrected chi connectivity index (χ0v) is 14.1. The second-order valence-electron chi connectivity index (χ2n) is 5.11. The summed E-state index contributed by atoms with van der Waals surface area (Å²) in [5, 5.41) is 0. The molecule has 0 N–H and O–H groups in total. The lowest BCUT2D eigenvalue weighted by atomic mass is 9.96. The van der Waals surface area contributed by atoms with E-state index in [1.165, 1.54) is 13.0 Å². The van der Waals surface area contributed by atoms with Crippen LogP contribution in [0.2, 0.25) is 0 Å². The van der Waals surface area contributed by atoms with Crippen LogP contribution in [0.4, 0.5) is 22.0 Å². The molecule has 0 heterocycles. The van der Waals surface area contributed by atoms with Gasteiger partial charge in [0.25, 0.3) is 0 Å². The second kappa shape index (κ2) is 8.16. The Balaban J connectivity index is 2.89. The van der Waals surface area contributed by atoms with E-state index in [2.05, 4.69) is 0 Å². The number of hydrogen-bond acceptors (Lipinski definition) is 2. The van der Waals surface area contributed by atoms with E-state index < -0.39 is 53.3 Å². The third-order valence-corrected chi connectivity index (χ3v) is 3.63. The molecular weight excluding hydrogens is 378 g/mol. The summed E-state index contributed by atoms with van der Waals surface area (Å²) in [7, 11) is 0. The number of rotatable bonds is 5. The molecule has 0 amide bonds. The number of hydrogen-bond donors (Lipinski definition) is 0. The Hall–Kier alpha value is -1.34. The Morgan fingerprint density at radius 3 is 2.33 bits per heavy atom. The number of esters is 1. The Morgan fingerprint density at radius 2 is 1.83 bits per heavy atom. The lowest BCUT2D eigenvalue weighted by molar-refractivity contribution is -0.150. The number of carbonyl (C=O) groups is 1. The summed E-state index contributed by atoms with van der Waals surface area (Å²) in [5.74, 6) is -5.46. The number of halogens is 7. The Kier molecular flexibility index (Phi) is 7.04. The van der Waals surface area contributed by atoms with Gasteiger partial charge in [0.15, 0.2) is 0 Å². The summed E-state index contributed by atoms with van der Waals surface area (Å²) in [5.41, 5.74) is -2.60. The Bertz CT molecular complexity index is 639. The third kappa shape index (κ3) is 5.34. The largest absolute Gasteiger partial charge is 0.460 e. The molecule has 0 bridgehead atoms. The molecule has 2 nitrogen and oxygen atoms in total. The zero-order valence-electron chi connectivity index (χ0n) is 12.6. The Morgan fingerprint density at radius 1 is 1.25 bits per heavy atom. The summed E-state index contributed by atoms with van der Waals surface area (Å²) in [6.45, 7) is 2.35. The molecule has 134 valence electrons. The van der Waals surface area contributed by atoms with Crippen LogP contribution >= 0.6 is 23.2 Å². The number of benzene rings is 1. The molecule has 0 aliphatic rings. The lowest BCUT2D eigenvalue weighted by Crippen LogP contribution is -2.21. The van der Waals surface area contributed by atoms with Crippen molar-refractivity contribution in [3.8, 4) is 0 Å². The van der Waals surface area contributed by atoms with Crippen LogP contribution in [0.15, 0.2) is 22.7 Å². The van der Waals surface area contributed by atoms with Crippen LogP contribution in [0, 0.1) is 23.5 Å². The van der Waals surface area contributed by atoms with E-state index in [4.69, 9.17) is 27.9 Å². The predicted octanol–water partition coefficient (Wildman–Crippen LogP) is 5.62. The molecule has 0 aromatic heterocycles.